The van der Waals surface area contributed by atoms with Gasteiger partial charge in [0.2, 0.25) is 15.9 Å². The van der Waals surface area contributed by atoms with E-state index in [4.69, 9.17) is 9.47 Å². The third-order valence-electron chi connectivity index (χ3n) is 5.91. The number of pyridine rings is 1. The van der Waals surface area contributed by atoms with Gasteiger partial charge >= 0.3 is 0 Å². The third kappa shape index (κ3) is 4.88. The summed E-state index contributed by atoms with van der Waals surface area (Å²) in [6, 6.07) is 1.60. The van der Waals surface area contributed by atoms with Gasteiger partial charge < -0.3 is 19.7 Å². The van der Waals surface area contributed by atoms with E-state index in [1.165, 1.54) is 10.5 Å². The van der Waals surface area contributed by atoms with Gasteiger partial charge in [-0.3, -0.25) is 10.1 Å². The number of sulfonamides is 1. The second-order valence-electron chi connectivity index (χ2n) is 7.87. The number of nitrogens with zero attached hydrogens (tertiary/aromatic N) is 5. The molecule has 0 unspecified atom stereocenters. The second-order valence-corrected chi connectivity index (χ2v) is 9.81. The molecule has 1 saturated heterocycles. The fourth-order valence-electron chi connectivity index (χ4n) is 3.92. The van der Waals surface area contributed by atoms with Gasteiger partial charge in [0.05, 0.1) is 42.0 Å². The second kappa shape index (κ2) is 10.2. The quantitative estimate of drug-likeness (QED) is 0.514. The van der Waals surface area contributed by atoms with Crippen LogP contribution in [0.4, 0.5) is 5.69 Å². The highest BCUT2D eigenvalue weighted by Gasteiger charge is 2.30. The Morgan fingerprint density at radius 2 is 1.94 bits per heavy atom. The lowest BCUT2D eigenvalue weighted by Crippen LogP contribution is -2.48. The van der Waals surface area contributed by atoms with Gasteiger partial charge in [0.15, 0.2) is 0 Å². The molecule has 0 aromatic carbocycles. The molecule has 0 atom stereocenters. The summed E-state index contributed by atoms with van der Waals surface area (Å²) in [6.45, 7) is 8.42. The van der Waals surface area contributed by atoms with Crippen LogP contribution in [0.3, 0.4) is 0 Å². The summed E-state index contributed by atoms with van der Waals surface area (Å²) >= 11 is 0. The molecular weight excluding hydrogens is 446 g/mol. The molecule has 0 bridgehead atoms. The minimum atomic E-state index is -3.70. The maximum Gasteiger partial charge on any atom is 0.244 e. The van der Waals surface area contributed by atoms with Crippen LogP contribution in [0.25, 0.3) is 0 Å². The first-order valence-corrected chi connectivity index (χ1v) is 12.6. The van der Waals surface area contributed by atoms with Gasteiger partial charge in [-0.25, -0.2) is 13.4 Å². The van der Waals surface area contributed by atoms with E-state index in [0.717, 1.165) is 30.0 Å². The topological polar surface area (TPSA) is 125 Å². The largest absolute Gasteiger partial charge is 0.475 e. The molecule has 2 aromatic heterocycles. The van der Waals surface area contributed by atoms with Crippen molar-refractivity contribution in [3.63, 3.8) is 0 Å². The Morgan fingerprint density at radius 3 is 2.64 bits per heavy atom. The van der Waals surface area contributed by atoms with E-state index < -0.39 is 10.0 Å². The molecule has 2 aromatic rings. The minimum absolute atomic E-state index is 0.125. The van der Waals surface area contributed by atoms with Crippen LogP contribution in [0.5, 0.6) is 5.88 Å². The lowest BCUT2D eigenvalue weighted by atomic mass is 10.1. The summed E-state index contributed by atoms with van der Waals surface area (Å²) in [6.07, 6.45) is 2.11. The Balaban J connectivity index is 1.66. The first-order valence-electron chi connectivity index (χ1n) is 11.2. The molecule has 0 spiro atoms. The smallest absolute Gasteiger partial charge is 0.244 e. The lowest BCUT2D eigenvalue weighted by Gasteiger charge is -2.33. The Labute approximate surface area is 194 Å². The number of fused-ring (bicyclic) bond motifs is 1. The molecule has 33 heavy (non-hydrogen) atoms. The summed E-state index contributed by atoms with van der Waals surface area (Å²) in [5.41, 5.74) is 3.15. The number of hydrogen-bond acceptors (Lipinski definition) is 9. The molecular formula is C21H31N7O4S. The Bertz CT molecular complexity index is 1110. The molecule has 2 aliphatic rings. The standard InChI is InChI=1S/C21H31N7O4S/c1-4-17-19-18(26-25-17)14-22-20(24-19)16-12-15(13-23-21(16)32-11-10-31-3)33(29,30)28-8-6-27(5-2)7-9-28/h12-13H,4-11,14H2,1-3H3,(H,22,24)(H,25,26). The highest BCUT2D eigenvalue weighted by Crippen LogP contribution is 2.29. The number of methoxy groups -OCH3 is 1. The van der Waals surface area contributed by atoms with Crippen molar-refractivity contribution in [2.45, 2.75) is 31.7 Å². The van der Waals surface area contributed by atoms with E-state index in [9.17, 15) is 8.42 Å². The molecule has 0 aliphatic carbocycles. The molecule has 11 nitrogen and oxygen atoms in total. The number of ether oxygens (including phenoxy) is 2. The normalized spacial score (nSPS) is 17.4. The van der Waals surface area contributed by atoms with Crippen molar-refractivity contribution < 1.29 is 17.9 Å². The highest BCUT2D eigenvalue weighted by molar-refractivity contribution is 7.89. The number of likely N-dealkylation sites (N-methyl/N-ethyl adjacent to an activating group) is 1. The summed E-state index contributed by atoms with van der Waals surface area (Å²) in [5, 5.41) is 10.6. The predicted molar refractivity (Wildman–Crippen MR) is 124 cm³/mol. The molecule has 0 saturated carbocycles. The van der Waals surface area contributed by atoms with Crippen LogP contribution in [0, 0.1) is 0 Å². The zero-order valence-corrected chi connectivity index (χ0v) is 20.1. The van der Waals surface area contributed by atoms with Crippen LogP contribution in [0.2, 0.25) is 0 Å². The van der Waals surface area contributed by atoms with Gasteiger partial charge in [-0.1, -0.05) is 13.8 Å². The third-order valence-corrected chi connectivity index (χ3v) is 7.78. The van der Waals surface area contributed by atoms with Crippen LogP contribution >= 0.6 is 0 Å². The number of aromatic amines is 1. The first-order chi connectivity index (χ1) is 16.0. The van der Waals surface area contributed by atoms with Crippen molar-refractivity contribution in [3.05, 3.63) is 29.2 Å². The van der Waals surface area contributed by atoms with Crippen LogP contribution in [0.15, 0.2) is 22.2 Å². The van der Waals surface area contributed by atoms with Crippen LogP contribution in [0.1, 0.15) is 30.8 Å². The first kappa shape index (κ1) is 23.6. The van der Waals surface area contributed by atoms with Gasteiger partial charge in [0, 0.05) is 33.3 Å². The van der Waals surface area contributed by atoms with E-state index in [-0.39, 0.29) is 11.5 Å². The van der Waals surface area contributed by atoms with Crippen molar-refractivity contribution in [2.24, 2.45) is 4.99 Å². The maximum absolute atomic E-state index is 13.4. The SMILES string of the molecule is CCc1n[nH]c2c1NC(c1cc(S(=O)(=O)N3CCN(CC)CC3)cnc1OCCOC)=NC2. The van der Waals surface area contributed by atoms with Crippen LogP contribution < -0.4 is 10.1 Å². The monoisotopic (exact) mass is 477 g/mol. The van der Waals surface area contributed by atoms with Gasteiger partial charge in [-0.05, 0) is 19.0 Å². The van der Waals surface area contributed by atoms with E-state index in [2.05, 4.69) is 37.3 Å². The molecule has 2 N–H and O–H groups in total. The van der Waals surface area contributed by atoms with Gasteiger partial charge in [-0.15, -0.1) is 0 Å². The summed E-state index contributed by atoms with van der Waals surface area (Å²) in [4.78, 5) is 11.3. The average molecular weight is 478 g/mol. The molecule has 0 radical (unpaired) electrons. The van der Waals surface area contributed by atoms with Crippen molar-refractivity contribution in [1.29, 1.82) is 0 Å². The van der Waals surface area contributed by atoms with Crippen molar-refractivity contribution >= 4 is 21.5 Å². The zero-order chi connectivity index (χ0) is 23.4. The van der Waals surface area contributed by atoms with E-state index in [0.29, 0.717) is 56.6 Å². The summed E-state index contributed by atoms with van der Waals surface area (Å²) in [7, 11) is -2.11. The van der Waals surface area contributed by atoms with E-state index >= 15 is 0 Å². The molecule has 12 heteroatoms. The number of aryl methyl sites for hydroxylation is 1. The molecule has 4 rings (SSSR count). The fraction of sp³-hybridized carbons (Fsp3) is 0.571. The number of aliphatic imine (C=N–C) groups is 1. The van der Waals surface area contributed by atoms with Gasteiger partial charge in [0.1, 0.15) is 17.3 Å². The highest BCUT2D eigenvalue weighted by atomic mass is 32.2. The number of piperazine rings is 1. The minimum Gasteiger partial charge on any atom is -0.475 e. The number of rotatable bonds is 9. The molecule has 180 valence electrons. The van der Waals surface area contributed by atoms with Crippen molar-refractivity contribution in [1.82, 2.24) is 24.4 Å². The number of amidine groups is 1. The Hall–Kier alpha value is -2.54. The molecule has 1 fully saturated rings. The number of aromatic nitrogens is 3. The Morgan fingerprint density at radius 1 is 1.15 bits per heavy atom. The zero-order valence-electron chi connectivity index (χ0n) is 19.3. The summed E-state index contributed by atoms with van der Waals surface area (Å²) < 4.78 is 39.2. The number of hydrogen-bond donors (Lipinski definition) is 2. The van der Waals surface area contributed by atoms with Crippen LogP contribution in [-0.4, -0.2) is 91.7 Å². The van der Waals surface area contributed by atoms with E-state index in [1.54, 1.807) is 13.2 Å². The predicted octanol–water partition coefficient (Wildman–Crippen LogP) is 1.09. The number of anilines is 1. The number of nitrogens with one attached hydrogen (secondary N) is 2. The van der Waals surface area contributed by atoms with Crippen molar-refractivity contribution in [2.75, 3.05) is 58.4 Å². The van der Waals surface area contributed by atoms with E-state index in [1.807, 2.05) is 6.92 Å². The fourth-order valence-corrected chi connectivity index (χ4v) is 5.32. The summed E-state index contributed by atoms with van der Waals surface area (Å²) in [5.74, 6) is 0.810. The molecule has 0 amide bonds. The average Bonchev–Trinajstić information content (AvgIpc) is 3.26. The van der Waals surface area contributed by atoms with Gasteiger partial charge in [0.25, 0.3) is 0 Å². The van der Waals surface area contributed by atoms with Crippen LogP contribution in [-0.2, 0) is 27.7 Å². The lowest BCUT2D eigenvalue weighted by molar-refractivity contribution is 0.143. The number of H-pyrrole nitrogens is 1. The maximum atomic E-state index is 13.4. The van der Waals surface area contributed by atoms with Crippen molar-refractivity contribution in [3.8, 4) is 5.88 Å². The Kier molecular flexibility index (Phi) is 7.27. The van der Waals surface area contributed by atoms with Gasteiger partial charge in [-0.2, -0.15) is 9.40 Å². The molecule has 2 aliphatic heterocycles. The molecule has 4 heterocycles.